The van der Waals surface area contributed by atoms with Crippen LogP contribution in [0.15, 0.2) is 0 Å². The third-order valence-corrected chi connectivity index (χ3v) is 5.65. The summed E-state index contributed by atoms with van der Waals surface area (Å²) in [5.41, 5.74) is 0. The Morgan fingerprint density at radius 3 is 1.74 bits per heavy atom. The highest BCUT2D eigenvalue weighted by Crippen LogP contribution is 2.41. The first kappa shape index (κ1) is 17.1. The van der Waals surface area contributed by atoms with Crippen LogP contribution in [0.25, 0.3) is 0 Å². The smallest absolute Gasteiger partial charge is 0.0407 e. The minimum Gasteiger partial charge on any atom is -0.0683 e. The molecule has 0 saturated heterocycles. The van der Waals surface area contributed by atoms with Gasteiger partial charge >= 0.3 is 0 Å². The third-order valence-electron chi connectivity index (χ3n) is 5.65. The zero-order valence-corrected chi connectivity index (χ0v) is 14.4. The molecule has 0 heteroatoms. The van der Waals surface area contributed by atoms with E-state index in [1.807, 2.05) is 13.8 Å². The molecule has 0 aromatic rings. The van der Waals surface area contributed by atoms with E-state index in [2.05, 4.69) is 27.7 Å². The van der Waals surface area contributed by atoms with E-state index in [1.165, 1.54) is 38.5 Å². The number of hydrogen-bond acceptors (Lipinski definition) is 0. The Bertz CT molecular complexity index is 222. The van der Waals surface area contributed by atoms with Gasteiger partial charge in [0.05, 0.1) is 0 Å². The van der Waals surface area contributed by atoms with Crippen molar-refractivity contribution in [1.82, 2.24) is 0 Å². The summed E-state index contributed by atoms with van der Waals surface area (Å²) in [6, 6.07) is 0. The van der Waals surface area contributed by atoms with Gasteiger partial charge in [-0.05, 0) is 67.6 Å². The maximum absolute atomic E-state index is 2.48. The lowest BCUT2D eigenvalue weighted by Gasteiger charge is -2.37. The maximum Gasteiger partial charge on any atom is -0.0407 e. The van der Waals surface area contributed by atoms with Crippen molar-refractivity contribution in [3.63, 3.8) is 0 Å². The van der Waals surface area contributed by atoms with Crippen LogP contribution in [-0.4, -0.2) is 0 Å². The molecule has 2 rings (SSSR count). The fourth-order valence-electron chi connectivity index (χ4n) is 4.65. The van der Waals surface area contributed by atoms with Crippen molar-refractivity contribution >= 4 is 0 Å². The minimum absolute atomic E-state index is 0.979. The molecule has 0 aromatic heterocycles. The Kier molecular flexibility index (Phi) is 7.47. The van der Waals surface area contributed by atoms with Gasteiger partial charge in [0.1, 0.15) is 0 Å². The van der Waals surface area contributed by atoms with Gasteiger partial charge in [0.15, 0.2) is 0 Å². The number of rotatable bonds is 2. The molecule has 0 bridgehead atoms. The van der Waals surface area contributed by atoms with E-state index in [4.69, 9.17) is 0 Å². The zero-order valence-electron chi connectivity index (χ0n) is 14.4. The van der Waals surface area contributed by atoms with Gasteiger partial charge in [0.25, 0.3) is 0 Å². The van der Waals surface area contributed by atoms with E-state index in [0.717, 1.165) is 35.5 Å². The second-order valence-electron chi connectivity index (χ2n) is 7.65. The highest BCUT2D eigenvalue weighted by Gasteiger charge is 2.29. The van der Waals surface area contributed by atoms with Gasteiger partial charge in [-0.2, -0.15) is 0 Å². The lowest BCUT2D eigenvalue weighted by atomic mass is 9.68. The molecule has 5 atom stereocenters. The molecule has 2 aliphatic rings. The molecule has 0 N–H and O–H groups in total. The van der Waals surface area contributed by atoms with Crippen LogP contribution in [0.2, 0.25) is 0 Å². The van der Waals surface area contributed by atoms with Gasteiger partial charge in [-0.15, -0.1) is 0 Å². The van der Waals surface area contributed by atoms with Crippen LogP contribution in [0.4, 0.5) is 0 Å². The highest BCUT2D eigenvalue weighted by molar-refractivity contribution is 4.81. The van der Waals surface area contributed by atoms with E-state index in [1.54, 1.807) is 6.42 Å². The van der Waals surface area contributed by atoms with Gasteiger partial charge in [-0.1, -0.05) is 54.4 Å². The molecule has 0 amide bonds. The predicted octanol–water partition coefficient (Wildman–Crippen LogP) is 6.55. The molecular formula is C19H38. The number of hydrogen-bond donors (Lipinski definition) is 0. The van der Waals surface area contributed by atoms with Gasteiger partial charge in [-0.25, -0.2) is 0 Å². The van der Waals surface area contributed by atoms with Crippen molar-refractivity contribution in [3.05, 3.63) is 0 Å². The molecule has 2 aliphatic carbocycles. The van der Waals surface area contributed by atoms with Crippen molar-refractivity contribution in [2.24, 2.45) is 35.5 Å². The van der Waals surface area contributed by atoms with Gasteiger partial charge in [0.2, 0.25) is 0 Å². The molecule has 0 radical (unpaired) electrons. The molecule has 114 valence electrons. The van der Waals surface area contributed by atoms with Crippen molar-refractivity contribution in [3.8, 4) is 0 Å². The molecule has 2 saturated carbocycles. The van der Waals surface area contributed by atoms with Crippen LogP contribution < -0.4 is 0 Å². The molecule has 5 unspecified atom stereocenters. The maximum atomic E-state index is 2.48. The van der Waals surface area contributed by atoms with Gasteiger partial charge in [-0.3, -0.25) is 0 Å². The highest BCUT2D eigenvalue weighted by atomic mass is 14.4. The average molecular weight is 267 g/mol. The molecule has 0 spiro atoms. The first-order valence-corrected chi connectivity index (χ1v) is 9.04. The summed E-state index contributed by atoms with van der Waals surface area (Å²) in [5, 5.41) is 0. The van der Waals surface area contributed by atoms with E-state index >= 15 is 0 Å². The first-order chi connectivity index (χ1) is 9.04. The lowest BCUT2D eigenvalue weighted by Crippen LogP contribution is -2.26. The van der Waals surface area contributed by atoms with Crippen molar-refractivity contribution < 1.29 is 0 Å². The molecule has 0 aromatic carbocycles. The standard InChI is InChI=1S/C17H32.C2H6/c1-12-7-13(2)9-17(8-12)11-16-6-5-14(3)15(4)10-16;1-2/h12-17H,5-11H2,1-4H3;1-2H3. The first-order valence-electron chi connectivity index (χ1n) is 9.04. The Labute approximate surface area is 122 Å². The second-order valence-corrected chi connectivity index (χ2v) is 7.65. The molecule has 2 fully saturated rings. The minimum atomic E-state index is 0.979. The molecule has 0 nitrogen and oxygen atoms in total. The topological polar surface area (TPSA) is 0 Å². The van der Waals surface area contributed by atoms with Crippen molar-refractivity contribution in [2.75, 3.05) is 0 Å². The Balaban J connectivity index is 0.000000861. The van der Waals surface area contributed by atoms with Crippen LogP contribution in [0.1, 0.15) is 86.5 Å². The summed E-state index contributed by atoms with van der Waals surface area (Å²) >= 11 is 0. The van der Waals surface area contributed by atoms with Crippen LogP contribution in [-0.2, 0) is 0 Å². The quantitative estimate of drug-likeness (QED) is 0.532. The SMILES string of the molecule is CC.CC1CC(C)CC(CC2CCC(C)C(C)C2)C1. The fraction of sp³-hybridized carbons (Fsp3) is 1.00. The summed E-state index contributed by atoms with van der Waals surface area (Å²) < 4.78 is 0. The van der Waals surface area contributed by atoms with Crippen LogP contribution in [0.3, 0.4) is 0 Å². The summed E-state index contributed by atoms with van der Waals surface area (Å²) in [4.78, 5) is 0. The molecular weight excluding hydrogens is 228 g/mol. The van der Waals surface area contributed by atoms with E-state index < -0.39 is 0 Å². The Hall–Kier alpha value is 0. The average Bonchev–Trinajstić information content (AvgIpc) is 2.35. The van der Waals surface area contributed by atoms with E-state index in [-0.39, 0.29) is 0 Å². The summed E-state index contributed by atoms with van der Waals surface area (Å²) in [5.74, 6) is 6.05. The normalized spacial score (nSPS) is 43.3. The summed E-state index contributed by atoms with van der Waals surface area (Å²) in [6.07, 6.45) is 10.6. The predicted molar refractivity (Wildman–Crippen MR) is 87.3 cm³/mol. The van der Waals surface area contributed by atoms with Gasteiger partial charge < -0.3 is 0 Å². The molecule has 19 heavy (non-hydrogen) atoms. The largest absolute Gasteiger partial charge is 0.0683 e. The fourth-order valence-corrected chi connectivity index (χ4v) is 4.65. The zero-order chi connectivity index (χ0) is 14.4. The molecule has 0 heterocycles. The summed E-state index contributed by atoms with van der Waals surface area (Å²) in [7, 11) is 0. The van der Waals surface area contributed by atoms with Crippen LogP contribution >= 0.6 is 0 Å². The van der Waals surface area contributed by atoms with E-state index in [0.29, 0.717) is 0 Å². The Morgan fingerprint density at radius 1 is 0.632 bits per heavy atom. The van der Waals surface area contributed by atoms with Crippen LogP contribution in [0.5, 0.6) is 0 Å². The van der Waals surface area contributed by atoms with E-state index in [9.17, 15) is 0 Å². The van der Waals surface area contributed by atoms with Gasteiger partial charge in [0, 0.05) is 0 Å². The van der Waals surface area contributed by atoms with Crippen molar-refractivity contribution in [2.45, 2.75) is 86.5 Å². The lowest BCUT2D eigenvalue weighted by molar-refractivity contribution is 0.141. The van der Waals surface area contributed by atoms with Crippen LogP contribution in [0, 0.1) is 35.5 Å². The third kappa shape index (κ3) is 5.48. The monoisotopic (exact) mass is 266 g/mol. The summed E-state index contributed by atoms with van der Waals surface area (Å²) in [6.45, 7) is 13.9. The molecule has 0 aliphatic heterocycles. The van der Waals surface area contributed by atoms with Crippen molar-refractivity contribution in [1.29, 1.82) is 0 Å². The second kappa shape index (κ2) is 8.32. The Morgan fingerprint density at radius 2 is 1.21 bits per heavy atom.